The zero-order valence-corrected chi connectivity index (χ0v) is 14.3. The number of amides is 1. The zero-order valence-electron chi connectivity index (χ0n) is 13.5. The zero-order chi connectivity index (χ0) is 16.7. The molecule has 0 aromatic heterocycles. The van der Waals surface area contributed by atoms with Gasteiger partial charge in [-0.05, 0) is 30.9 Å². The van der Waals surface area contributed by atoms with Gasteiger partial charge in [0.1, 0.15) is 0 Å². The minimum atomic E-state index is -3.26. The van der Waals surface area contributed by atoms with Crippen molar-refractivity contribution in [1.29, 1.82) is 0 Å². The highest BCUT2D eigenvalue weighted by Gasteiger charge is 2.23. The number of allylic oxidation sites excluding steroid dienone is 1. The van der Waals surface area contributed by atoms with E-state index in [0.717, 1.165) is 30.4 Å². The Morgan fingerprint density at radius 2 is 1.83 bits per heavy atom. The summed E-state index contributed by atoms with van der Waals surface area (Å²) in [4.78, 5) is 11.9. The van der Waals surface area contributed by atoms with Crippen molar-refractivity contribution in [3.05, 3.63) is 42.0 Å². The number of nitrogens with one attached hydrogen (secondary N) is 1. The molecule has 6 heteroatoms. The number of nitrogens with zero attached hydrogens (tertiary/aromatic N) is 1. The molecule has 1 fully saturated rings. The maximum atomic E-state index is 12.2. The van der Waals surface area contributed by atoms with Crippen molar-refractivity contribution >= 4 is 21.5 Å². The Hall–Kier alpha value is -1.66. The average molecular weight is 336 g/mol. The van der Waals surface area contributed by atoms with E-state index in [-0.39, 0.29) is 18.2 Å². The van der Waals surface area contributed by atoms with Gasteiger partial charge in [0, 0.05) is 25.7 Å². The molecule has 0 atom stereocenters. The van der Waals surface area contributed by atoms with E-state index in [9.17, 15) is 13.2 Å². The fraction of sp³-hybridized carbons (Fsp3) is 0.471. The SMILES string of the molecule is C/C(=C\C(=O)NCCS(=O)(=O)N1CCCCC1)c1ccccc1. The Morgan fingerprint density at radius 3 is 2.48 bits per heavy atom. The molecule has 1 aromatic rings. The summed E-state index contributed by atoms with van der Waals surface area (Å²) in [6, 6.07) is 9.60. The second-order valence-electron chi connectivity index (χ2n) is 5.76. The third-order valence-corrected chi connectivity index (χ3v) is 5.82. The topological polar surface area (TPSA) is 66.5 Å². The number of carbonyl (C=O) groups is 1. The van der Waals surface area contributed by atoms with Gasteiger partial charge in [-0.15, -0.1) is 0 Å². The molecule has 0 radical (unpaired) electrons. The van der Waals surface area contributed by atoms with Gasteiger partial charge < -0.3 is 5.32 Å². The van der Waals surface area contributed by atoms with Gasteiger partial charge in [-0.2, -0.15) is 0 Å². The van der Waals surface area contributed by atoms with Crippen LogP contribution in [0.5, 0.6) is 0 Å². The molecule has 1 N–H and O–H groups in total. The Balaban J connectivity index is 1.82. The van der Waals surface area contributed by atoms with Gasteiger partial charge in [-0.25, -0.2) is 12.7 Å². The summed E-state index contributed by atoms with van der Waals surface area (Å²) in [5.41, 5.74) is 1.82. The Labute approximate surface area is 138 Å². The van der Waals surface area contributed by atoms with Crippen LogP contribution in [0, 0.1) is 0 Å². The lowest BCUT2D eigenvalue weighted by Gasteiger charge is -2.25. The lowest BCUT2D eigenvalue weighted by Crippen LogP contribution is -2.40. The maximum absolute atomic E-state index is 12.2. The smallest absolute Gasteiger partial charge is 0.244 e. The first-order valence-corrected chi connectivity index (χ1v) is 9.59. The third kappa shape index (κ3) is 5.48. The van der Waals surface area contributed by atoms with Crippen LogP contribution < -0.4 is 5.32 Å². The van der Waals surface area contributed by atoms with E-state index in [4.69, 9.17) is 0 Å². The monoisotopic (exact) mass is 336 g/mol. The van der Waals surface area contributed by atoms with Crippen LogP contribution in [0.3, 0.4) is 0 Å². The standard InChI is InChI=1S/C17H24N2O3S/c1-15(16-8-4-2-5-9-16)14-17(20)18-10-13-23(21,22)19-11-6-3-7-12-19/h2,4-5,8-9,14H,3,6-7,10-13H2,1H3,(H,18,20)/b15-14+. The number of piperidine rings is 1. The van der Waals surface area contributed by atoms with E-state index >= 15 is 0 Å². The van der Waals surface area contributed by atoms with Gasteiger partial charge in [0.15, 0.2) is 0 Å². The molecule has 23 heavy (non-hydrogen) atoms. The Morgan fingerprint density at radius 1 is 1.17 bits per heavy atom. The van der Waals surface area contributed by atoms with Crippen LogP contribution >= 0.6 is 0 Å². The van der Waals surface area contributed by atoms with E-state index in [1.165, 1.54) is 10.4 Å². The molecule has 0 saturated carbocycles. The number of hydrogen-bond acceptors (Lipinski definition) is 3. The summed E-state index contributed by atoms with van der Waals surface area (Å²) in [6.07, 6.45) is 4.43. The highest BCUT2D eigenvalue weighted by molar-refractivity contribution is 7.89. The molecule has 1 heterocycles. The number of hydrogen-bond donors (Lipinski definition) is 1. The van der Waals surface area contributed by atoms with Crippen LogP contribution in [0.4, 0.5) is 0 Å². The van der Waals surface area contributed by atoms with E-state index in [1.54, 1.807) is 0 Å². The highest BCUT2D eigenvalue weighted by atomic mass is 32.2. The lowest BCUT2D eigenvalue weighted by atomic mass is 10.1. The van der Waals surface area contributed by atoms with E-state index < -0.39 is 10.0 Å². The molecule has 0 aliphatic carbocycles. The van der Waals surface area contributed by atoms with Gasteiger partial charge in [-0.1, -0.05) is 36.8 Å². The Kier molecular flexibility index (Phi) is 6.36. The second kappa shape index (κ2) is 8.26. The van der Waals surface area contributed by atoms with Crippen molar-refractivity contribution in [2.45, 2.75) is 26.2 Å². The molecule has 5 nitrogen and oxygen atoms in total. The Bertz CT molecular complexity index is 648. The summed E-state index contributed by atoms with van der Waals surface area (Å²) in [5.74, 6) is -0.308. The molecular weight excluding hydrogens is 312 g/mol. The van der Waals surface area contributed by atoms with Crippen LogP contribution in [0.15, 0.2) is 36.4 Å². The first kappa shape index (κ1) is 17.7. The first-order chi connectivity index (χ1) is 11.0. The van der Waals surface area contributed by atoms with E-state index in [0.29, 0.717) is 13.1 Å². The molecule has 1 amide bonds. The van der Waals surface area contributed by atoms with Crippen molar-refractivity contribution < 1.29 is 13.2 Å². The summed E-state index contributed by atoms with van der Waals surface area (Å²) >= 11 is 0. The van der Waals surface area contributed by atoms with Gasteiger partial charge in [0.25, 0.3) is 0 Å². The van der Waals surface area contributed by atoms with Crippen molar-refractivity contribution in [3.63, 3.8) is 0 Å². The molecule has 0 bridgehead atoms. The van der Waals surface area contributed by atoms with Gasteiger partial charge in [0.2, 0.25) is 15.9 Å². The third-order valence-electron chi connectivity index (χ3n) is 3.94. The molecule has 1 aliphatic heterocycles. The van der Waals surface area contributed by atoms with E-state index in [2.05, 4.69) is 5.32 Å². The van der Waals surface area contributed by atoms with Crippen molar-refractivity contribution in [1.82, 2.24) is 9.62 Å². The molecule has 2 rings (SSSR count). The number of rotatable bonds is 6. The number of sulfonamides is 1. The minimum Gasteiger partial charge on any atom is -0.351 e. The van der Waals surface area contributed by atoms with Crippen LogP contribution in [0.1, 0.15) is 31.7 Å². The molecule has 0 spiro atoms. The summed E-state index contributed by atoms with van der Waals surface area (Å²) in [6.45, 7) is 3.20. The fourth-order valence-electron chi connectivity index (χ4n) is 2.61. The second-order valence-corrected chi connectivity index (χ2v) is 7.85. The van der Waals surface area contributed by atoms with Crippen molar-refractivity contribution in [2.75, 3.05) is 25.4 Å². The van der Waals surface area contributed by atoms with Crippen molar-refractivity contribution in [3.8, 4) is 0 Å². The summed E-state index contributed by atoms with van der Waals surface area (Å²) in [5, 5.41) is 2.66. The van der Waals surface area contributed by atoms with Gasteiger partial charge >= 0.3 is 0 Å². The van der Waals surface area contributed by atoms with Gasteiger partial charge in [-0.3, -0.25) is 4.79 Å². The van der Waals surface area contributed by atoms with E-state index in [1.807, 2.05) is 37.3 Å². The summed E-state index contributed by atoms with van der Waals surface area (Å²) in [7, 11) is -3.26. The van der Waals surface area contributed by atoms with Crippen LogP contribution in [-0.2, 0) is 14.8 Å². The lowest BCUT2D eigenvalue weighted by molar-refractivity contribution is -0.116. The summed E-state index contributed by atoms with van der Waals surface area (Å²) < 4.78 is 25.9. The van der Waals surface area contributed by atoms with Crippen LogP contribution in [0.25, 0.3) is 5.57 Å². The fourth-order valence-corrected chi connectivity index (χ4v) is 4.04. The molecule has 1 saturated heterocycles. The molecule has 1 aromatic carbocycles. The molecule has 1 aliphatic rings. The van der Waals surface area contributed by atoms with Crippen molar-refractivity contribution in [2.24, 2.45) is 0 Å². The highest BCUT2D eigenvalue weighted by Crippen LogP contribution is 2.13. The van der Waals surface area contributed by atoms with Crippen LogP contribution in [-0.4, -0.2) is 44.0 Å². The molecule has 126 valence electrons. The number of benzene rings is 1. The molecular formula is C17H24N2O3S. The normalized spacial score (nSPS) is 17.0. The quantitative estimate of drug-likeness (QED) is 0.808. The molecule has 0 unspecified atom stereocenters. The van der Waals surface area contributed by atoms with Gasteiger partial charge in [0.05, 0.1) is 5.75 Å². The number of carbonyl (C=O) groups excluding carboxylic acids is 1. The van der Waals surface area contributed by atoms with Crippen LogP contribution in [0.2, 0.25) is 0 Å². The minimum absolute atomic E-state index is 0.0447. The first-order valence-electron chi connectivity index (χ1n) is 7.98. The predicted octanol–water partition coefficient (Wildman–Crippen LogP) is 2.02. The predicted molar refractivity (Wildman–Crippen MR) is 92.3 cm³/mol. The largest absolute Gasteiger partial charge is 0.351 e. The average Bonchev–Trinajstić information content (AvgIpc) is 2.56. The maximum Gasteiger partial charge on any atom is 0.244 e.